The van der Waals surface area contributed by atoms with Crippen molar-refractivity contribution in [2.45, 2.75) is 31.1 Å². The lowest BCUT2D eigenvalue weighted by Crippen LogP contribution is -2.24. The second-order valence-corrected chi connectivity index (χ2v) is 16.0. The van der Waals surface area contributed by atoms with Gasteiger partial charge in [0.2, 0.25) is 0 Å². The van der Waals surface area contributed by atoms with Crippen LogP contribution in [0.25, 0.3) is 60.2 Å². The quantitative estimate of drug-likeness (QED) is 0.174. The minimum Gasteiger partial charge on any atom is -0.455 e. The third kappa shape index (κ3) is 5.69. The third-order valence-corrected chi connectivity index (χ3v) is 12.8. The topological polar surface area (TPSA) is 13.1 Å². The van der Waals surface area contributed by atoms with Crippen molar-refractivity contribution >= 4 is 49.1 Å². The molecule has 0 radical (unpaired) electrons. The lowest BCUT2D eigenvalue weighted by molar-refractivity contribution is 0.322. The number of allylic oxidation sites excluding steroid dienone is 8. The van der Waals surface area contributed by atoms with Gasteiger partial charge in [0.1, 0.15) is 11.2 Å². The molecule has 1 heterocycles. The fourth-order valence-corrected chi connectivity index (χ4v) is 10.1. The minimum absolute atomic E-state index is 0.359. The van der Waals surface area contributed by atoms with Crippen molar-refractivity contribution in [2.75, 3.05) is 0 Å². The summed E-state index contributed by atoms with van der Waals surface area (Å²) in [5.74, 6) is 2.03. The van der Waals surface area contributed by atoms with Crippen LogP contribution >= 0.6 is 0 Å². The van der Waals surface area contributed by atoms with Gasteiger partial charge in [-0.15, -0.1) is 0 Å². The van der Waals surface area contributed by atoms with E-state index in [4.69, 9.17) is 4.42 Å². The average molecular weight is 707 g/mol. The van der Waals surface area contributed by atoms with Gasteiger partial charge in [-0.2, -0.15) is 0 Å². The van der Waals surface area contributed by atoms with Gasteiger partial charge in [-0.05, 0) is 98.2 Å². The molecule has 264 valence electrons. The molecule has 5 unspecified atom stereocenters. The average Bonchev–Trinajstić information content (AvgIpc) is 3.65. The Balaban J connectivity index is 1.01. The van der Waals surface area contributed by atoms with Crippen LogP contribution in [-0.4, -0.2) is 0 Å². The van der Waals surface area contributed by atoms with Crippen LogP contribution < -0.4 is 0 Å². The molecule has 8 aromatic rings. The van der Waals surface area contributed by atoms with Crippen molar-refractivity contribution in [1.82, 2.24) is 0 Å². The molecule has 1 fully saturated rings. The summed E-state index contributed by atoms with van der Waals surface area (Å²) >= 11 is 0. The normalized spacial score (nSPS) is 22.2. The van der Waals surface area contributed by atoms with Crippen LogP contribution in [0.1, 0.15) is 47.8 Å². The number of para-hydroxylation sites is 1. The van der Waals surface area contributed by atoms with E-state index in [-0.39, 0.29) is 0 Å². The monoisotopic (exact) mass is 706 g/mol. The number of hydrogen-bond acceptors (Lipinski definition) is 1. The Hall–Kier alpha value is -6.18. The molecule has 0 aliphatic heterocycles. The summed E-state index contributed by atoms with van der Waals surface area (Å²) < 4.78 is 7.09. The van der Waals surface area contributed by atoms with Crippen LogP contribution in [-0.2, 0) is 0 Å². The molecule has 1 aromatic heterocycles. The smallest absolute Gasteiger partial charge is 0.143 e. The van der Waals surface area contributed by atoms with E-state index in [0.717, 1.165) is 30.4 Å². The highest BCUT2D eigenvalue weighted by Crippen LogP contribution is 2.51. The van der Waals surface area contributed by atoms with Crippen LogP contribution in [0.5, 0.6) is 0 Å². The maximum Gasteiger partial charge on any atom is 0.143 e. The second kappa shape index (κ2) is 13.3. The molecule has 55 heavy (non-hydrogen) atoms. The second-order valence-electron chi connectivity index (χ2n) is 16.0. The van der Waals surface area contributed by atoms with Gasteiger partial charge < -0.3 is 4.42 Å². The number of fused-ring (bicyclic) bond motifs is 7. The van der Waals surface area contributed by atoms with Crippen molar-refractivity contribution in [1.29, 1.82) is 0 Å². The summed E-state index contributed by atoms with van der Waals surface area (Å²) in [6.45, 7) is 0. The van der Waals surface area contributed by atoms with Gasteiger partial charge in [0.05, 0.1) is 0 Å². The molecule has 3 aliphatic rings. The molecule has 0 spiro atoms. The Kier molecular flexibility index (Phi) is 7.80. The minimum atomic E-state index is 0.359. The molecule has 7 aromatic carbocycles. The first kappa shape index (κ1) is 32.3. The van der Waals surface area contributed by atoms with Crippen LogP contribution in [0, 0.1) is 17.8 Å². The van der Waals surface area contributed by atoms with Crippen LogP contribution in [0.2, 0.25) is 0 Å². The third-order valence-electron chi connectivity index (χ3n) is 12.8. The Morgan fingerprint density at radius 3 is 1.95 bits per heavy atom. The van der Waals surface area contributed by atoms with E-state index in [0.29, 0.717) is 29.6 Å². The summed E-state index contributed by atoms with van der Waals surface area (Å²) in [5, 5.41) is 7.45. The van der Waals surface area contributed by atoms with Gasteiger partial charge in [0, 0.05) is 28.0 Å². The van der Waals surface area contributed by atoms with Crippen LogP contribution in [0.15, 0.2) is 198 Å². The first-order valence-corrected chi connectivity index (χ1v) is 20.0. The highest BCUT2D eigenvalue weighted by atomic mass is 16.3. The van der Waals surface area contributed by atoms with Crippen molar-refractivity contribution in [3.8, 4) is 11.1 Å². The molecule has 0 amide bonds. The van der Waals surface area contributed by atoms with E-state index in [1.165, 1.54) is 71.3 Å². The van der Waals surface area contributed by atoms with E-state index in [9.17, 15) is 0 Å². The van der Waals surface area contributed by atoms with Crippen molar-refractivity contribution in [2.24, 2.45) is 17.8 Å². The molecule has 1 saturated carbocycles. The predicted octanol–water partition coefficient (Wildman–Crippen LogP) is 14.6. The highest BCUT2D eigenvalue weighted by molar-refractivity contribution is 6.19. The van der Waals surface area contributed by atoms with Gasteiger partial charge in [0.25, 0.3) is 0 Å². The molecular formula is C54H42O. The number of rotatable bonds is 5. The highest BCUT2D eigenvalue weighted by Gasteiger charge is 2.35. The summed E-state index contributed by atoms with van der Waals surface area (Å²) in [6.07, 6.45) is 18.1. The molecule has 1 heteroatoms. The SMILES string of the molecule is C1=CC2C=C(C3CC(c4ccc5ccccc5c4)CC(c4cccc5c4oc4c6ccccc6c(-c6ccccc6)cc54)C3)C=CC2C=C1c1ccccc1. The standard InChI is InChI=1S/C54H42O/c1-3-12-35(13-4-1)39-24-25-41-30-43(27-26-40(41)29-39)45-31-44(42-23-22-36-14-7-8-17-38(36)28-42)32-46(33-45)47-20-11-21-50-52-34-51(37-15-5-2-6-16-37)48-18-9-10-19-49(48)54(52)55-53(47)50/h1-30,34,40-41,44-46H,31-33H2. The zero-order valence-electron chi connectivity index (χ0n) is 30.8. The molecule has 3 aliphatic carbocycles. The van der Waals surface area contributed by atoms with E-state index >= 15 is 0 Å². The van der Waals surface area contributed by atoms with Gasteiger partial charge >= 0.3 is 0 Å². The van der Waals surface area contributed by atoms with E-state index in [1.807, 2.05) is 0 Å². The van der Waals surface area contributed by atoms with Gasteiger partial charge in [-0.1, -0.05) is 182 Å². The van der Waals surface area contributed by atoms with Crippen molar-refractivity contribution in [3.05, 3.63) is 210 Å². The fourth-order valence-electron chi connectivity index (χ4n) is 10.1. The fraction of sp³-hybridized carbons (Fsp3) is 0.148. The molecular weight excluding hydrogens is 665 g/mol. The van der Waals surface area contributed by atoms with Gasteiger partial charge in [-0.25, -0.2) is 0 Å². The largest absolute Gasteiger partial charge is 0.455 e. The zero-order valence-corrected chi connectivity index (χ0v) is 30.8. The molecule has 11 rings (SSSR count). The van der Waals surface area contributed by atoms with Crippen molar-refractivity contribution < 1.29 is 4.42 Å². The van der Waals surface area contributed by atoms with Crippen LogP contribution in [0.3, 0.4) is 0 Å². The maximum atomic E-state index is 7.09. The van der Waals surface area contributed by atoms with Crippen molar-refractivity contribution in [3.63, 3.8) is 0 Å². The molecule has 5 atom stereocenters. The molecule has 0 bridgehead atoms. The lowest BCUT2D eigenvalue weighted by atomic mass is 9.66. The lowest BCUT2D eigenvalue weighted by Gasteiger charge is -2.38. The Morgan fingerprint density at radius 2 is 1.09 bits per heavy atom. The number of hydrogen-bond donors (Lipinski definition) is 0. The van der Waals surface area contributed by atoms with E-state index < -0.39 is 0 Å². The molecule has 1 nitrogen and oxygen atoms in total. The summed E-state index contributed by atoms with van der Waals surface area (Å²) in [5.41, 5.74) is 11.4. The summed E-state index contributed by atoms with van der Waals surface area (Å²) in [7, 11) is 0. The first-order chi connectivity index (χ1) is 27.2. The zero-order chi connectivity index (χ0) is 36.3. The summed E-state index contributed by atoms with van der Waals surface area (Å²) in [4.78, 5) is 0. The summed E-state index contributed by atoms with van der Waals surface area (Å²) in [6, 6.07) is 55.6. The number of furan rings is 1. The Labute approximate surface area is 322 Å². The Morgan fingerprint density at radius 1 is 0.436 bits per heavy atom. The number of benzene rings is 7. The van der Waals surface area contributed by atoms with Crippen LogP contribution in [0.4, 0.5) is 0 Å². The maximum absolute atomic E-state index is 7.09. The van der Waals surface area contributed by atoms with E-state index in [2.05, 4.69) is 188 Å². The first-order valence-electron chi connectivity index (χ1n) is 20.0. The van der Waals surface area contributed by atoms with Gasteiger partial charge in [-0.3, -0.25) is 0 Å². The predicted molar refractivity (Wildman–Crippen MR) is 231 cm³/mol. The van der Waals surface area contributed by atoms with Gasteiger partial charge in [0.15, 0.2) is 0 Å². The molecule has 0 N–H and O–H groups in total. The van der Waals surface area contributed by atoms with E-state index in [1.54, 1.807) is 0 Å². The molecule has 0 saturated heterocycles. The Bertz CT molecular complexity index is 2870.